The number of aryl methyl sites for hydroxylation is 2. The molecule has 4 aromatic rings. The third-order valence-corrected chi connectivity index (χ3v) is 5.75. The van der Waals surface area contributed by atoms with E-state index in [1.807, 2.05) is 58.0 Å². The summed E-state index contributed by atoms with van der Waals surface area (Å²) >= 11 is 0. The van der Waals surface area contributed by atoms with Crippen LogP contribution in [0.4, 0.5) is 5.69 Å². The van der Waals surface area contributed by atoms with Gasteiger partial charge in [-0.2, -0.15) is 0 Å². The molecule has 3 aromatic carbocycles. The molecule has 0 bridgehead atoms. The molecule has 174 valence electrons. The van der Waals surface area contributed by atoms with E-state index in [0.717, 1.165) is 61.7 Å². The molecule has 6 nitrogen and oxygen atoms in total. The minimum Gasteiger partial charge on any atom is -0.494 e. The molecule has 1 aliphatic rings. The van der Waals surface area contributed by atoms with E-state index in [2.05, 4.69) is 24.3 Å². The fourth-order valence-electron chi connectivity index (χ4n) is 4.29. The molecule has 0 unspecified atom stereocenters. The van der Waals surface area contributed by atoms with Gasteiger partial charge in [0.05, 0.1) is 35.0 Å². The number of hydrogen-bond donors (Lipinski definition) is 0. The van der Waals surface area contributed by atoms with Crippen LogP contribution in [-0.4, -0.2) is 20.0 Å². The molecule has 0 fully saturated rings. The van der Waals surface area contributed by atoms with E-state index in [4.69, 9.17) is 28.4 Å². The number of fused-ring (bicyclic) bond motifs is 2. The number of hydrogen-bond acceptors (Lipinski definition) is 6. The topological polar surface area (TPSA) is 62.4 Å². The molecular weight excluding hydrogens is 430 g/mol. The third kappa shape index (κ3) is 4.07. The maximum atomic E-state index is 6.10. The quantitative estimate of drug-likeness (QED) is 0.332. The van der Waals surface area contributed by atoms with E-state index in [9.17, 15) is 0 Å². The number of rotatable bonds is 6. The lowest BCUT2D eigenvalue weighted by Crippen LogP contribution is -2.00. The first-order valence-corrected chi connectivity index (χ1v) is 11.5. The summed E-state index contributed by atoms with van der Waals surface area (Å²) in [5.74, 6) is 4.62. The molecule has 0 amide bonds. The van der Waals surface area contributed by atoms with Crippen molar-refractivity contribution in [2.24, 2.45) is 4.99 Å². The van der Waals surface area contributed by atoms with Gasteiger partial charge in [-0.05, 0) is 75.2 Å². The Kier molecular flexibility index (Phi) is 5.88. The third-order valence-electron chi connectivity index (χ3n) is 5.75. The molecular formula is C28H27NO5. The molecule has 2 heterocycles. The maximum absolute atomic E-state index is 6.10. The van der Waals surface area contributed by atoms with Gasteiger partial charge in [0, 0.05) is 6.07 Å². The Labute approximate surface area is 198 Å². The Balaban J connectivity index is 1.78. The number of furan rings is 1. The van der Waals surface area contributed by atoms with Gasteiger partial charge in [-0.3, -0.25) is 0 Å². The molecule has 6 heteroatoms. The molecule has 0 spiro atoms. The van der Waals surface area contributed by atoms with Crippen molar-refractivity contribution in [2.45, 2.75) is 27.7 Å². The fraction of sp³-hybridized carbons (Fsp3) is 0.250. The molecule has 0 atom stereocenters. The van der Waals surface area contributed by atoms with Gasteiger partial charge in [0.2, 0.25) is 6.79 Å². The molecule has 1 aromatic heterocycles. The Bertz CT molecular complexity index is 1420. The molecule has 34 heavy (non-hydrogen) atoms. The van der Waals surface area contributed by atoms with Crippen molar-refractivity contribution in [2.75, 3.05) is 20.0 Å². The largest absolute Gasteiger partial charge is 0.494 e. The van der Waals surface area contributed by atoms with Gasteiger partial charge in [0.1, 0.15) is 23.0 Å². The lowest BCUT2D eigenvalue weighted by Gasteiger charge is -2.06. The average molecular weight is 458 g/mol. The summed E-state index contributed by atoms with van der Waals surface area (Å²) in [5.41, 5.74) is 2.79. The van der Waals surface area contributed by atoms with Gasteiger partial charge in [0.15, 0.2) is 11.5 Å². The summed E-state index contributed by atoms with van der Waals surface area (Å²) in [5, 5.41) is 2.64. The SMILES string of the molecule is CCOc1ccc(-c2cc(OCC)c3c(C)oc(C)c3c(=Nc3ccc4c(c3)OCO4)c2)cc1. The second-order valence-corrected chi connectivity index (χ2v) is 8.00. The van der Waals surface area contributed by atoms with Crippen LogP contribution in [0.25, 0.3) is 21.9 Å². The van der Waals surface area contributed by atoms with Gasteiger partial charge < -0.3 is 23.4 Å². The summed E-state index contributed by atoms with van der Waals surface area (Å²) in [7, 11) is 0. The monoisotopic (exact) mass is 457 g/mol. The fourth-order valence-corrected chi connectivity index (χ4v) is 4.29. The van der Waals surface area contributed by atoms with Crippen molar-refractivity contribution >= 4 is 16.5 Å². The Morgan fingerprint density at radius 2 is 1.50 bits per heavy atom. The predicted octanol–water partition coefficient (Wildman–Crippen LogP) is 6.48. The first-order chi connectivity index (χ1) is 16.6. The Morgan fingerprint density at radius 1 is 0.765 bits per heavy atom. The molecule has 0 radical (unpaired) electrons. The zero-order valence-corrected chi connectivity index (χ0v) is 19.8. The van der Waals surface area contributed by atoms with E-state index in [1.165, 1.54) is 0 Å². The van der Waals surface area contributed by atoms with Crippen molar-refractivity contribution in [3.8, 4) is 34.1 Å². The highest BCUT2D eigenvalue weighted by Crippen LogP contribution is 2.36. The van der Waals surface area contributed by atoms with Crippen LogP contribution in [0.1, 0.15) is 25.4 Å². The highest BCUT2D eigenvalue weighted by atomic mass is 16.7. The minimum absolute atomic E-state index is 0.225. The van der Waals surface area contributed by atoms with Crippen LogP contribution in [0.5, 0.6) is 23.0 Å². The van der Waals surface area contributed by atoms with Crippen LogP contribution in [-0.2, 0) is 0 Å². The highest BCUT2D eigenvalue weighted by Gasteiger charge is 2.17. The van der Waals surface area contributed by atoms with Crippen LogP contribution >= 0.6 is 0 Å². The number of benzene rings is 2. The second-order valence-electron chi connectivity index (χ2n) is 8.00. The summed E-state index contributed by atoms with van der Waals surface area (Å²) in [6.07, 6.45) is 0. The van der Waals surface area contributed by atoms with E-state index in [-0.39, 0.29) is 6.79 Å². The van der Waals surface area contributed by atoms with E-state index in [0.29, 0.717) is 19.0 Å². The molecule has 1 aliphatic heterocycles. The normalized spacial score (nSPS) is 12.9. The van der Waals surface area contributed by atoms with Crippen molar-refractivity contribution in [3.63, 3.8) is 0 Å². The second kappa shape index (κ2) is 9.14. The van der Waals surface area contributed by atoms with Gasteiger partial charge >= 0.3 is 0 Å². The number of ether oxygens (including phenoxy) is 4. The van der Waals surface area contributed by atoms with Crippen LogP contribution in [0, 0.1) is 13.8 Å². The maximum Gasteiger partial charge on any atom is 0.231 e. The standard InChI is InChI=1S/C28H27NO5/c1-5-30-22-10-7-19(8-11-22)20-13-23(29-21-9-12-24-25(15-21)33-16-32-24)27-17(3)34-18(4)28(27)26(14-20)31-6-2/h7-15H,5-6,16H2,1-4H3. The molecule has 0 N–H and O–H groups in total. The Morgan fingerprint density at radius 3 is 2.26 bits per heavy atom. The molecule has 5 rings (SSSR count). The van der Waals surface area contributed by atoms with Gasteiger partial charge in [-0.1, -0.05) is 12.1 Å². The van der Waals surface area contributed by atoms with Crippen LogP contribution in [0.2, 0.25) is 0 Å². The van der Waals surface area contributed by atoms with Crippen LogP contribution < -0.4 is 24.3 Å². The number of nitrogens with zero attached hydrogens (tertiary/aromatic N) is 1. The van der Waals surface area contributed by atoms with Gasteiger partial charge in [-0.25, -0.2) is 4.99 Å². The first-order valence-electron chi connectivity index (χ1n) is 11.5. The summed E-state index contributed by atoms with van der Waals surface area (Å²) in [6, 6.07) is 17.9. The molecule has 0 saturated heterocycles. The summed E-state index contributed by atoms with van der Waals surface area (Å²) in [4.78, 5) is 5.02. The van der Waals surface area contributed by atoms with Crippen molar-refractivity contribution < 1.29 is 23.4 Å². The summed E-state index contributed by atoms with van der Waals surface area (Å²) in [6.45, 7) is 9.27. The zero-order valence-electron chi connectivity index (χ0n) is 19.8. The van der Waals surface area contributed by atoms with Gasteiger partial charge in [0.25, 0.3) is 0 Å². The Hall–Kier alpha value is -3.93. The smallest absolute Gasteiger partial charge is 0.231 e. The van der Waals surface area contributed by atoms with Crippen molar-refractivity contribution in [1.82, 2.24) is 0 Å². The van der Waals surface area contributed by atoms with E-state index >= 15 is 0 Å². The van der Waals surface area contributed by atoms with Crippen molar-refractivity contribution in [3.05, 3.63) is 71.5 Å². The lowest BCUT2D eigenvalue weighted by atomic mass is 10.1. The van der Waals surface area contributed by atoms with Crippen molar-refractivity contribution in [1.29, 1.82) is 0 Å². The van der Waals surface area contributed by atoms with Gasteiger partial charge in [-0.15, -0.1) is 0 Å². The van der Waals surface area contributed by atoms with E-state index in [1.54, 1.807) is 0 Å². The predicted molar refractivity (Wildman–Crippen MR) is 131 cm³/mol. The van der Waals surface area contributed by atoms with Crippen LogP contribution in [0.3, 0.4) is 0 Å². The summed E-state index contributed by atoms with van der Waals surface area (Å²) < 4.78 is 28.8. The van der Waals surface area contributed by atoms with E-state index < -0.39 is 0 Å². The average Bonchev–Trinajstić information content (AvgIpc) is 3.36. The van der Waals surface area contributed by atoms with Crippen LogP contribution in [0.15, 0.2) is 64.0 Å². The molecule has 0 aliphatic carbocycles. The highest BCUT2D eigenvalue weighted by molar-refractivity contribution is 5.93. The first kappa shape index (κ1) is 21.9. The lowest BCUT2D eigenvalue weighted by molar-refractivity contribution is 0.174. The molecule has 0 saturated carbocycles. The minimum atomic E-state index is 0.225. The zero-order chi connectivity index (χ0) is 23.7.